The van der Waals surface area contributed by atoms with Gasteiger partial charge >= 0.3 is 0 Å². The smallest absolute Gasteiger partial charge is 0.272 e. The lowest BCUT2D eigenvalue weighted by atomic mass is 9.99. The Kier molecular flexibility index (Phi) is 2.90. The van der Waals surface area contributed by atoms with E-state index in [0.29, 0.717) is 35.0 Å². The van der Waals surface area contributed by atoms with Crippen molar-refractivity contribution in [3.05, 3.63) is 52.3 Å². The van der Waals surface area contributed by atoms with E-state index in [9.17, 15) is 4.79 Å². The highest BCUT2D eigenvalue weighted by Gasteiger charge is 2.22. The number of hydrogen-bond donors (Lipinski definition) is 2. The Morgan fingerprint density at radius 1 is 1.30 bits per heavy atom. The maximum Gasteiger partial charge on any atom is 0.272 e. The molecule has 0 fully saturated rings. The molecular weight excluding hydrogens is 292 g/mol. The molecule has 0 bridgehead atoms. The molecule has 0 spiro atoms. The summed E-state index contributed by atoms with van der Waals surface area (Å²) in [6, 6.07) is 11.2. The number of nitrogens with zero attached hydrogens (tertiary/aromatic N) is 2. The molecule has 3 N–H and O–H groups in total. The molecule has 2 heterocycles. The van der Waals surface area contributed by atoms with Gasteiger partial charge in [0.05, 0.1) is 23.2 Å². The quantitative estimate of drug-likeness (QED) is 0.439. The summed E-state index contributed by atoms with van der Waals surface area (Å²) in [5.74, 6) is 1.89. The van der Waals surface area contributed by atoms with Crippen molar-refractivity contribution >= 4 is 16.6 Å². The topological polar surface area (TPSA) is 93.4 Å². The van der Waals surface area contributed by atoms with Crippen molar-refractivity contribution in [3.8, 4) is 22.8 Å². The maximum absolute atomic E-state index is 12.0. The van der Waals surface area contributed by atoms with Crippen molar-refractivity contribution in [3.63, 3.8) is 0 Å². The zero-order chi connectivity index (χ0) is 16.0. The molecule has 114 valence electrons. The summed E-state index contributed by atoms with van der Waals surface area (Å²) in [6.45, 7) is 2.24. The van der Waals surface area contributed by atoms with Crippen LogP contribution in [-0.2, 0) is 6.54 Å². The Bertz CT molecular complexity index is 1020. The molecule has 0 saturated heterocycles. The van der Waals surface area contributed by atoms with Crippen molar-refractivity contribution < 1.29 is 4.74 Å². The summed E-state index contributed by atoms with van der Waals surface area (Å²) in [4.78, 5) is 16.2. The third kappa shape index (κ3) is 2.15. The average Bonchev–Trinajstić information content (AvgIpc) is 2.55. The van der Waals surface area contributed by atoms with Gasteiger partial charge in [-0.25, -0.2) is 5.10 Å². The van der Waals surface area contributed by atoms with Gasteiger partial charge in [-0.2, -0.15) is 5.10 Å². The Hall–Kier alpha value is -3.15. The van der Waals surface area contributed by atoms with E-state index < -0.39 is 0 Å². The van der Waals surface area contributed by atoms with Gasteiger partial charge in [-0.3, -0.25) is 9.79 Å². The fraction of sp³-hybridized carbons (Fsp3) is 0.118. The number of H-pyrrole nitrogens is 1. The summed E-state index contributed by atoms with van der Waals surface area (Å²) in [7, 11) is 0. The van der Waals surface area contributed by atoms with Crippen LogP contribution in [0.25, 0.3) is 22.0 Å². The predicted molar refractivity (Wildman–Crippen MR) is 88.9 cm³/mol. The van der Waals surface area contributed by atoms with Gasteiger partial charge in [0.2, 0.25) is 0 Å². The summed E-state index contributed by atoms with van der Waals surface area (Å²) in [6.07, 6.45) is 0. The van der Waals surface area contributed by atoms with Crippen molar-refractivity contribution in [2.45, 2.75) is 13.5 Å². The minimum Gasteiger partial charge on any atom is -0.456 e. The molecule has 0 atom stereocenters. The molecule has 0 saturated carbocycles. The van der Waals surface area contributed by atoms with E-state index in [4.69, 9.17) is 10.5 Å². The second kappa shape index (κ2) is 4.95. The first-order valence-corrected chi connectivity index (χ1v) is 7.22. The number of aromatic amines is 1. The molecule has 0 aliphatic carbocycles. The number of hydrogen-bond acceptors (Lipinski definition) is 4. The van der Waals surface area contributed by atoms with E-state index in [2.05, 4.69) is 15.2 Å². The van der Waals surface area contributed by atoms with Crippen LogP contribution in [0.15, 0.2) is 46.2 Å². The van der Waals surface area contributed by atoms with Gasteiger partial charge in [0.1, 0.15) is 17.2 Å². The Morgan fingerprint density at radius 2 is 2.17 bits per heavy atom. The summed E-state index contributed by atoms with van der Waals surface area (Å²) < 4.78 is 5.93. The van der Waals surface area contributed by atoms with Gasteiger partial charge in [-0.15, -0.1) is 0 Å². The number of amidine groups is 1. The monoisotopic (exact) mass is 306 g/mol. The van der Waals surface area contributed by atoms with E-state index in [1.54, 1.807) is 19.1 Å². The molecule has 0 radical (unpaired) electrons. The lowest BCUT2D eigenvalue weighted by Gasteiger charge is -2.20. The van der Waals surface area contributed by atoms with Gasteiger partial charge in [0.25, 0.3) is 5.56 Å². The van der Waals surface area contributed by atoms with Gasteiger partial charge in [-0.1, -0.05) is 12.1 Å². The van der Waals surface area contributed by atoms with E-state index in [0.717, 1.165) is 16.5 Å². The Morgan fingerprint density at radius 3 is 3.00 bits per heavy atom. The lowest BCUT2D eigenvalue weighted by molar-refractivity contribution is 0.486. The third-order valence-corrected chi connectivity index (χ3v) is 3.81. The number of nitrogens with two attached hydrogens (primary N) is 1. The number of benzene rings is 2. The van der Waals surface area contributed by atoms with Gasteiger partial charge in [0.15, 0.2) is 0 Å². The highest BCUT2D eigenvalue weighted by atomic mass is 16.5. The average molecular weight is 306 g/mol. The number of fused-ring (bicyclic) bond motifs is 2. The largest absolute Gasteiger partial charge is 0.456 e. The van der Waals surface area contributed by atoms with E-state index in [1.165, 1.54) is 0 Å². The first-order chi connectivity index (χ1) is 11.1. The third-order valence-electron chi connectivity index (χ3n) is 3.81. The summed E-state index contributed by atoms with van der Waals surface area (Å²) >= 11 is 0. The van der Waals surface area contributed by atoms with E-state index in [-0.39, 0.29) is 5.56 Å². The first kappa shape index (κ1) is 13.5. The molecular formula is C17H14N4O2. The first-order valence-electron chi connectivity index (χ1n) is 7.22. The van der Waals surface area contributed by atoms with Crippen molar-refractivity contribution in [1.82, 2.24) is 10.2 Å². The molecule has 0 unspecified atom stereocenters. The van der Waals surface area contributed by atoms with Crippen LogP contribution in [0.1, 0.15) is 12.5 Å². The van der Waals surface area contributed by atoms with E-state index in [1.807, 2.05) is 24.3 Å². The van der Waals surface area contributed by atoms with Crippen LogP contribution in [0, 0.1) is 0 Å². The van der Waals surface area contributed by atoms with Crippen LogP contribution in [0.4, 0.5) is 0 Å². The maximum atomic E-state index is 12.0. The highest BCUT2D eigenvalue weighted by Crippen LogP contribution is 2.44. The minimum atomic E-state index is -0.225. The molecule has 4 rings (SSSR count). The van der Waals surface area contributed by atoms with Crippen LogP contribution in [-0.4, -0.2) is 16.0 Å². The fourth-order valence-electron chi connectivity index (χ4n) is 2.75. The fourth-order valence-corrected chi connectivity index (χ4v) is 2.75. The molecule has 0 amide bonds. The van der Waals surface area contributed by atoms with Crippen LogP contribution in [0.3, 0.4) is 0 Å². The molecule has 23 heavy (non-hydrogen) atoms. The molecule has 3 aromatic rings. The van der Waals surface area contributed by atoms with Crippen LogP contribution < -0.4 is 16.0 Å². The van der Waals surface area contributed by atoms with Crippen LogP contribution >= 0.6 is 0 Å². The summed E-state index contributed by atoms with van der Waals surface area (Å²) in [5.41, 5.74) is 7.92. The second-order valence-electron chi connectivity index (χ2n) is 5.47. The van der Waals surface area contributed by atoms with Crippen molar-refractivity contribution in [2.75, 3.05) is 0 Å². The number of ether oxygens (including phenoxy) is 1. The predicted octanol–water partition coefficient (Wildman–Crippen LogP) is 2.57. The molecule has 1 aliphatic rings. The SMILES string of the molecule is CC(N)=NCc1ccc2c(c1)-c1n[nH]c(=O)c3cccc(c13)O2. The molecule has 6 heteroatoms. The Labute approximate surface area is 131 Å². The number of aliphatic imine (C=N–C) groups is 1. The zero-order valence-corrected chi connectivity index (χ0v) is 12.5. The molecule has 2 aromatic carbocycles. The molecule has 1 aromatic heterocycles. The van der Waals surface area contributed by atoms with Crippen molar-refractivity contribution in [1.29, 1.82) is 0 Å². The van der Waals surface area contributed by atoms with Crippen LogP contribution in [0.2, 0.25) is 0 Å². The Balaban J connectivity index is 1.95. The van der Waals surface area contributed by atoms with Gasteiger partial charge in [0, 0.05) is 5.56 Å². The molecule has 6 nitrogen and oxygen atoms in total. The number of aromatic nitrogens is 2. The number of rotatable bonds is 2. The molecule has 1 aliphatic heterocycles. The normalized spacial score (nSPS) is 12.8. The number of nitrogens with one attached hydrogen (secondary N) is 1. The van der Waals surface area contributed by atoms with Gasteiger partial charge < -0.3 is 10.5 Å². The zero-order valence-electron chi connectivity index (χ0n) is 12.5. The summed E-state index contributed by atoms with van der Waals surface area (Å²) in [5, 5.41) is 8.10. The van der Waals surface area contributed by atoms with E-state index >= 15 is 0 Å². The van der Waals surface area contributed by atoms with Crippen molar-refractivity contribution in [2.24, 2.45) is 10.7 Å². The second-order valence-corrected chi connectivity index (χ2v) is 5.47. The minimum absolute atomic E-state index is 0.225. The van der Waals surface area contributed by atoms with Crippen LogP contribution in [0.5, 0.6) is 11.5 Å². The highest BCUT2D eigenvalue weighted by molar-refractivity contribution is 6.01. The van der Waals surface area contributed by atoms with Gasteiger partial charge in [-0.05, 0) is 36.8 Å². The lowest BCUT2D eigenvalue weighted by Crippen LogP contribution is -2.12. The standard InChI is InChI=1S/C17H14N4O2/c1-9(18)19-8-10-5-6-13-12(7-10)16-15-11(17(22)21-20-16)3-2-4-14(15)23-13/h2-7H,8H2,1H3,(H2,18,19)(H,21,22).